The minimum absolute atomic E-state index is 0.349. The van der Waals surface area contributed by atoms with Crippen LogP contribution in [0.1, 0.15) is 17.0 Å². The van der Waals surface area contributed by atoms with Crippen molar-refractivity contribution in [3.63, 3.8) is 0 Å². The molecule has 9 heteroatoms. The van der Waals surface area contributed by atoms with Crippen LogP contribution >= 0.6 is 0 Å². The second-order valence-electron chi connectivity index (χ2n) is 7.04. The van der Waals surface area contributed by atoms with E-state index in [0.29, 0.717) is 23.1 Å². The van der Waals surface area contributed by atoms with Crippen LogP contribution in [0.5, 0.6) is 11.6 Å². The molecule has 0 aliphatic heterocycles. The van der Waals surface area contributed by atoms with Gasteiger partial charge in [0.2, 0.25) is 5.88 Å². The molecule has 4 rings (SSSR count). The number of benzene rings is 2. The summed E-state index contributed by atoms with van der Waals surface area (Å²) in [6.07, 6.45) is 2.94. The van der Waals surface area contributed by atoms with Crippen LogP contribution in [-0.4, -0.2) is 28.2 Å². The number of rotatable bonds is 7. The number of nitrogens with zero attached hydrogens (tertiary/aromatic N) is 4. The van der Waals surface area contributed by atoms with Gasteiger partial charge in [-0.2, -0.15) is 5.10 Å². The number of aromatic nitrogens is 4. The van der Waals surface area contributed by atoms with Gasteiger partial charge >= 0.3 is 0 Å². The van der Waals surface area contributed by atoms with E-state index in [1.807, 2.05) is 50.2 Å². The normalized spacial score (nSPS) is 11.6. The first kappa shape index (κ1) is 21.3. The van der Waals surface area contributed by atoms with Crippen LogP contribution < -0.4 is 9.46 Å². The molecule has 0 atom stereocenters. The van der Waals surface area contributed by atoms with Gasteiger partial charge in [0.05, 0.1) is 11.1 Å². The van der Waals surface area contributed by atoms with Crippen LogP contribution in [0.3, 0.4) is 0 Å². The van der Waals surface area contributed by atoms with E-state index >= 15 is 0 Å². The maximum absolute atomic E-state index is 12.3. The van der Waals surface area contributed by atoms with E-state index in [1.165, 1.54) is 12.4 Å². The number of sulfonamides is 1. The molecule has 0 spiro atoms. The van der Waals surface area contributed by atoms with Crippen LogP contribution in [0, 0.1) is 13.8 Å². The molecule has 0 aliphatic carbocycles. The monoisotopic (exact) mass is 447 g/mol. The van der Waals surface area contributed by atoms with Crippen molar-refractivity contribution in [1.82, 2.24) is 19.7 Å². The minimum atomic E-state index is -3.64. The van der Waals surface area contributed by atoms with E-state index in [0.717, 1.165) is 22.4 Å². The maximum Gasteiger partial charge on any atom is 0.255 e. The Bertz CT molecular complexity index is 1350. The Labute approximate surface area is 186 Å². The van der Waals surface area contributed by atoms with Gasteiger partial charge in [-0.25, -0.2) is 23.1 Å². The molecule has 4 aromatic rings. The van der Waals surface area contributed by atoms with Crippen LogP contribution in [0.15, 0.2) is 78.5 Å². The van der Waals surface area contributed by atoms with E-state index in [-0.39, 0.29) is 0 Å². The first-order valence-corrected chi connectivity index (χ1v) is 11.3. The van der Waals surface area contributed by atoms with Crippen molar-refractivity contribution in [3.8, 4) is 17.4 Å². The fraction of sp³-hybridized carbons (Fsp3) is 0.0870. The quantitative estimate of drug-likeness (QED) is 0.448. The Hall–Kier alpha value is -3.98. The molecular weight excluding hydrogens is 426 g/mol. The van der Waals surface area contributed by atoms with Crippen molar-refractivity contribution in [3.05, 3.63) is 95.4 Å². The maximum atomic E-state index is 12.3. The first-order chi connectivity index (χ1) is 15.4. The Morgan fingerprint density at radius 1 is 0.969 bits per heavy atom. The van der Waals surface area contributed by atoms with Gasteiger partial charge in [-0.1, -0.05) is 30.3 Å². The van der Waals surface area contributed by atoms with Gasteiger partial charge in [0.1, 0.15) is 12.1 Å². The Morgan fingerprint density at radius 3 is 2.41 bits per heavy atom. The molecule has 0 saturated heterocycles. The second-order valence-corrected chi connectivity index (χ2v) is 8.61. The molecule has 0 radical (unpaired) electrons. The number of nitrogens with one attached hydrogen (secondary N) is 1. The molecule has 162 valence electrons. The lowest BCUT2D eigenvalue weighted by Crippen LogP contribution is -2.08. The lowest BCUT2D eigenvalue weighted by Gasteiger charge is -2.09. The van der Waals surface area contributed by atoms with Gasteiger partial charge in [-0.15, -0.1) is 0 Å². The van der Waals surface area contributed by atoms with E-state index in [9.17, 15) is 8.42 Å². The van der Waals surface area contributed by atoms with Crippen LogP contribution in [0.2, 0.25) is 0 Å². The molecule has 32 heavy (non-hydrogen) atoms. The minimum Gasteiger partial charge on any atom is -0.439 e. The summed E-state index contributed by atoms with van der Waals surface area (Å²) < 4.78 is 34.6. The highest BCUT2D eigenvalue weighted by molar-refractivity contribution is 7.95. The first-order valence-electron chi connectivity index (χ1n) is 9.77. The molecule has 8 nitrogen and oxygen atoms in total. The molecule has 0 unspecified atom stereocenters. The largest absolute Gasteiger partial charge is 0.439 e. The van der Waals surface area contributed by atoms with Gasteiger partial charge in [-0.05, 0) is 55.8 Å². The van der Waals surface area contributed by atoms with Gasteiger partial charge in [0, 0.05) is 17.4 Å². The predicted molar refractivity (Wildman–Crippen MR) is 123 cm³/mol. The summed E-state index contributed by atoms with van der Waals surface area (Å²) in [6, 6.07) is 19.4. The molecule has 1 N–H and O–H groups in total. The van der Waals surface area contributed by atoms with Crippen molar-refractivity contribution >= 4 is 21.8 Å². The molecular formula is C23H21N5O3S. The summed E-state index contributed by atoms with van der Waals surface area (Å²) in [4.78, 5) is 8.38. The van der Waals surface area contributed by atoms with Crippen molar-refractivity contribution in [2.75, 3.05) is 4.72 Å². The summed E-state index contributed by atoms with van der Waals surface area (Å²) in [7, 11) is -3.64. The second kappa shape index (κ2) is 9.03. The third-order valence-corrected chi connectivity index (χ3v) is 5.44. The SMILES string of the molecule is Cc1cc(C)n(-c2cc(Oc3ccc(NS(=O)(=O)/C=C/c4ccccc4)cc3)ncn2)n1. The number of hydrogen-bond donors (Lipinski definition) is 1. The molecule has 2 heterocycles. The van der Waals surface area contributed by atoms with Crippen LogP contribution in [0.25, 0.3) is 11.9 Å². The van der Waals surface area contributed by atoms with Gasteiger partial charge < -0.3 is 4.74 Å². The van der Waals surface area contributed by atoms with Crippen molar-refractivity contribution in [2.45, 2.75) is 13.8 Å². The number of aryl methyl sites for hydroxylation is 2. The molecule has 0 amide bonds. The number of ether oxygens (including phenoxy) is 1. The zero-order chi connectivity index (χ0) is 22.6. The summed E-state index contributed by atoms with van der Waals surface area (Å²) in [5.74, 6) is 1.45. The van der Waals surface area contributed by atoms with Gasteiger partial charge in [0.25, 0.3) is 10.0 Å². The fourth-order valence-electron chi connectivity index (χ4n) is 3.00. The summed E-state index contributed by atoms with van der Waals surface area (Å²) in [6.45, 7) is 3.85. The zero-order valence-corrected chi connectivity index (χ0v) is 18.3. The summed E-state index contributed by atoms with van der Waals surface area (Å²) in [5.41, 5.74) is 3.05. The summed E-state index contributed by atoms with van der Waals surface area (Å²) in [5, 5.41) is 5.54. The van der Waals surface area contributed by atoms with Crippen LogP contribution in [0.4, 0.5) is 5.69 Å². The van der Waals surface area contributed by atoms with E-state index in [2.05, 4.69) is 19.8 Å². The predicted octanol–water partition coefficient (Wildman–Crippen LogP) is 4.48. The molecule has 0 saturated carbocycles. The molecule has 2 aromatic heterocycles. The Balaban J connectivity index is 1.44. The lowest BCUT2D eigenvalue weighted by atomic mass is 10.2. The topological polar surface area (TPSA) is 99.0 Å². The van der Waals surface area contributed by atoms with Crippen molar-refractivity contribution in [2.24, 2.45) is 0 Å². The van der Waals surface area contributed by atoms with Gasteiger partial charge in [-0.3, -0.25) is 4.72 Å². The van der Waals surface area contributed by atoms with Crippen molar-refractivity contribution < 1.29 is 13.2 Å². The molecule has 0 fully saturated rings. The van der Waals surface area contributed by atoms with Gasteiger partial charge in [0.15, 0.2) is 5.82 Å². The third kappa shape index (κ3) is 5.38. The Kier molecular flexibility index (Phi) is 6.00. The van der Waals surface area contributed by atoms with E-state index in [1.54, 1.807) is 35.0 Å². The highest BCUT2D eigenvalue weighted by Crippen LogP contribution is 2.23. The smallest absolute Gasteiger partial charge is 0.255 e. The average Bonchev–Trinajstić information content (AvgIpc) is 3.12. The lowest BCUT2D eigenvalue weighted by molar-refractivity contribution is 0.460. The summed E-state index contributed by atoms with van der Waals surface area (Å²) >= 11 is 0. The number of anilines is 1. The standard InChI is InChI=1S/C23H21N5O3S/c1-17-14-18(2)28(26-17)22-15-23(25-16-24-22)31-21-10-8-20(9-11-21)27-32(29,30)13-12-19-6-4-3-5-7-19/h3-16,27H,1-2H3/b13-12+. The fourth-order valence-corrected chi connectivity index (χ4v) is 3.87. The highest BCUT2D eigenvalue weighted by atomic mass is 32.2. The third-order valence-electron chi connectivity index (χ3n) is 4.43. The molecule has 0 aliphatic rings. The van der Waals surface area contributed by atoms with Crippen molar-refractivity contribution in [1.29, 1.82) is 0 Å². The Morgan fingerprint density at radius 2 is 1.72 bits per heavy atom. The molecule has 0 bridgehead atoms. The molecule has 2 aromatic carbocycles. The number of hydrogen-bond acceptors (Lipinski definition) is 6. The van der Waals surface area contributed by atoms with E-state index < -0.39 is 10.0 Å². The van der Waals surface area contributed by atoms with Crippen LogP contribution in [-0.2, 0) is 10.0 Å². The highest BCUT2D eigenvalue weighted by Gasteiger charge is 2.09. The van der Waals surface area contributed by atoms with E-state index in [4.69, 9.17) is 4.74 Å². The average molecular weight is 448 g/mol. The zero-order valence-electron chi connectivity index (χ0n) is 17.5.